The van der Waals surface area contributed by atoms with Gasteiger partial charge in [0.1, 0.15) is 23.5 Å². The molecule has 0 saturated heterocycles. The van der Waals surface area contributed by atoms with Crippen molar-refractivity contribution < 1.29 is 23.5 Å². The molecule has 12 nitrogen and oxygen atoms in total. The molecule has 0 atom stereocenters. The lowest BCUT2D eigenvalue weighted by molar-refractivity contribution is -0.118. The average molecular weight is 476 g/mol. The lowest BCUT2D eigenvalue weighted by Gasteiger charge is -2.18. The maximum absolute atomic E-state index is 14.3. The normalized spacial score (nSPS) is 12.4. The van der Waals surface area contributed by atoms with Crippen LogP contribution in [0.1, 0.15) is 32.2 Å². The van der Waals surface area contributed by atoms with E-state index in [1.807, 2.05) is 0 Å². The van der Waals surface area contributed by atoms with Gasteiger partial charge >= 0.3 is 0 Å². The SMILES string of the molecule is O=C1COc2ccc(CNC(=O)c3cc(C(=O)NCc4ccncn4)n4ncc(F)c4n3)cc2N1. The van der Waals surface area contributed by atoms with Crippen molar-refractivity contribution in [1.82, 2.24) is 35.2 Å². The number of fused-ring (bicyclic) bond motifs is 2. The standard InChI is InChI=1S/C22H17FN8O4/c23-14-9-28-31-17(22(34)26-8-13-3-4-24-11-27-13)6-16(30-20(14)31)21(33)25-7-12-1-2-18-15(5-12)29-19(32)10-35-18/h1-6,9,11H,7-8,10H2,(H,25,33)(H,26,34)(H,29,32). The van der Waals surface area contributed by atoms with Crippen molar-refractivity contribution >= 4 is 29.1 Å². The van der Waals surface area contributed by atoms with Gasteiger partial charge in [0.05, 0.1) is 24.1 Å². The second-order valence-electron chi connectivity index (χ2n) is 7.49. The number of halogens is 1. The van der Waals surface area contributed by atoms with Gasteiger partial charge < -0.3 is 20.7 Å². The van der Waals surface area contributed by atoms with Gasteiger partial charge in [0.25, 0.3) is 17.7 Å². The van der Waals surface area contributed by atoms with E-state index in [0.717, 1.165) is 10.7 Å². The van der Waals surface area contributed by atoms with Crippen molar-refractivity contribution in [3.8, 4) is 5.75 Å². The number of hydrogen-bond donors (Lipinski definition) is 3. The molecule has 0 aliphatic carbocycles. The largest absolute Gasteiger partial charge is 0.482 e. The molecule has 3 N–H and O–H groups in total. The summed E-state index contributed by atoms with van der Waals surface area (Å²) in [6, 6.07) is 7.95. The third kappa shape index (κ3) is 4.59. The number of ether oxygens (including phenoxy) is 1. The van der Waals surface area contributed by atoms with E-state index in [1.54, 1.807) is 24.3 Å². The van der Waals surface area contributed by atoms with Crippen LogP contribution in [0.2, 0.25) is 0 Å². The van der Waals surface area contributed by atoms with Crippen molar-refractivity contribution in [2.24, 2.45) is 0 Å². The van der Waals surface area contributed by atoms with Crippen LogP contribution in [0.15, 0.2) is 49.1 Å². The van der Waals surface area contributed by atoms with Crippen LogP contribution in [0.4, 0.5) is 10.1 Å². The van der Waals surface area contributed by atoms with Crippen LogP contribution in [0.25, 0.3) is 5.65 Å². The Labute approximate surface area is 196 Å². The Hall–Kier alpha value is -4.94. The van der Waals surface area contributed by atoms with E-state index in [9.17, 15) is 18.8 Å². The van der Waals surface area contributed by atoms with Gasteiger partial charge in [0.2, 0.25) is 0 Å². The number of nitrogens with one attached hydrogen (secondary N) is 3. The highest BCUT2D eigenvalue weighted by Crippen LogP contribution is 2.28. The molecule has 0 saturated carbocycles. The number of benzene rings is 1. The molecule has 35 heavy (non-hydrogen) atoms. The molecule has 0 fully saturated rings. The quantitative estimate of drug-likeness (QED) is 0.370. The lowest BCUT2D eigenvalue weighted by Crippen LogP contribution is -2.29. The van der Waals surface area contributed by atoms with Gasteiger partial charge in [-0.1, -0.05) is 6.07 Å². The zero-order valence-electron chi connectivity index (χ0n) is 18.0. The molecule has 3 amide bonds. The van der Waals surface area contributed by atoms with E-state index in [1.165, 1.54) is 18.6 Å². The van der Waals surface area contributed by atoms with E-state index in [0.29, 0.717) is 22.7 Å². The Balaban J connectivity index is 1.34. The van der Waals surface area contributed by atoms with Gasteiger partial charge in [0.15, 0.2) is 18.1 Å². The second-order valence-corrected chi connectivity index (χ2v) is 7.49. The minimum Gasteiger partial charge on any atom is -0.482 e. The molecular weight excluding hydrogens is 459 g/mol. The third-order valence-corrected chi connectivity index (χ3v) is 5.10. The molecule has 0 spiro atoms. The number of carbonyl (C=O) groups excluding carboxylic acids is 3. The zero-order valence-corrected chi connectivity index (χ0v) is 18.0. The second kappa shape index (κ2) is 9.13. The summed E-state index contributed by atoms with van der Waals surface area (Å²) in [4.78, 5) is 49.0. The zero-order chi connectivity index (χ0) is 24.4. The Morgan fingerprint density at radius 1 is 1.14 bits per heavy atom. The summed E-state index contributed by atoms with van der Waals surface area (Å²) < 4.78 is 20.6. The first-order chi connectivity index (χ1) is 17.0. The first-order valence-corrected chi connectivity index (χ1v) is 10.4. The summed E-state index contributed by atoms with van der Waals surface area (Å²) in [5.74, 6) is -1.75. The maximum atomic E-state index is 14.3. The van der Waals surface area contributed by atoms with E-state index in [2.05, 4.69) is 36.0 Å². The Bertz CT molecular complexity index is 1460. The number of hydrogen-bond acceptors (Lipinski definition) is 8. The van der Waals surface area contributed by atoms with Gasteiger partial charge in [0, 0.05) is 18.8 Å². The van der Waals surface area contributed by atoms with Crippen molar-refractivity contribution in [3.05, 3.63) is 77.5 Å². The fourth-order valence-corrected chi connectivity index (χ4v) is 3.41. The topological polar surface area (TPSA) is 152 Å². The van der Waals surface area contributed by atoms with E-state index in [-0.39, 0.29) is 42.6 Å². The number of carbonyl (C=O) groups is 3. The molecule has 3 aromatic heterocycles. The van der Waals surface area contributed by atoms with Crippen LogP contribution >= 0.6 is 0 Å². The highest BCUT2D eigenvalue weighted by atomic mass is 19.1. The number of aromatic nitrogens is 5. The minimum absolute atomic E-state index is 0.0582. The predicted octanol–water partition coefficient (Wildman–Crippen LogP) is 0.849. The van der Waals surface area contributed by atoms with Crippen molar-refractivity contribution in [2.45, 2.75) is 13.1 Å². The summed E-state index contributed by atoms with van der Waals surface area (Å²) in [7, 11) is 0. The maximum Gasteiger partial charge on any atom is 0.270 e. The van der Waals surface area contributed by atoms with E-state index >= 15 is 0 Å². The summed E-state index contributed by atoms with van der Waals surface area (Å²) in [6.07, 6.45) is 3.80. The highest BCUT2D eigenvalue weighted by Gasteiger charge is 2.21. The molecule has 0 unspecified atom stereocenters. The third-order valence-electron chi connectivity index (χ3n) is 5.10. The molecule has 0 radical (unpaired) electrons. The fraction of sp³-hybridized carbons (Fsp3) is 0.136. The van der Waals surface area contributed by atoms with E-state index in [4.69, 9.17) is 4.74 Å². The smallest absolute Gasteiger partial charge is 0.270 e. The molecular formula is C22H17FN8O4. The summed E-state index contributed by atoms with van der Waals surface area (Å²) in [6.45, 7) is 0.123. The first-order valence-electron chi connectivity index (χ1n) is 10.4. The molecule has 1 aliphatic heterocycles. The van der Waals surface area contributed by atoms with Crippen molar-refractivity contribution in [2.75, 3.05) is 11.9 Å². The number of amides is 3. The lowest BCUT2D eigenvalue weighted by atomic mass is 10.1. The van der Waals surface area contributed by atoms with Crippen molar-refractivity contribution in [3.63, 3.8) is 0 Å². The Morgan fingerprint density at radius 3 is 2.83 bits per heavy atom. The first kappa shape index (κ1) is 21.9. The monoisotopic (exact) mass is 476 g/mol. The Kier molecular flexibility index (Phi) is 5.71. The molecule has 176 valence electrons. The van der Waals surface area contributed by atoms with E-state index < -0.39 is 17.6 Å². The van der Waals surface area contributed by atoms with Crippen LogP contribution in [0, 0.1) is 5.82 Å². The van der Waals surface area contributed by atoms with Gasteiger partial charge in [-0.2, -0.15) is 5.10 Å². The predicted molar refractivity (Wildman–Crippen MR) is 118 cm³/mol. The molecule has 5 rings (SSSR count). The van der Waals surface area contributed by atoms with Gasteiger partial charge in [-0.25, -0.2) is 23.9 Å². The highest BCUT2D eigenvalue weighted by molar-refractivity contribution is 5.98. The summed E-state index contributed by atoms with van der Waals surface area (Å²) in [5.41, 5.74) is 1.23. The molecule has 1 aliphatic rings. The minimum atomic E-state index is -0.782. The molecule has 4 aromatic rings. The van der Waals surface area contributed by atoms with Crippen LogP contribution in [0.3, 0.4) is 0 Å². The molecule has 13 heteroatoms. The van der Waals surface area contributed by atoms with Gasteiger partial charge in [-0.05, 0) is 23.8 Å². The number of rotatable bonds is 6. The fourth-order valence-electron chi connectivity index (χ4n) is 3.41. The van der Waals surface area contributed by atoms with Crippen LogP contribution in [-0.4, -0.2) is 48.9 Å². The molecule has 4 heterocycles. The van der Waals surface area contributed by atoms with Crippen LogP contribution in [-0.2, 0) is 17.9 Å². The van der Waals surface area contributed by atoms with Gasteiger partial charge in [-0.15, -0.1) is 0 Å². The van der Waals surface area contributed by atoms with Crippen molar-refractivity contribution in [1.29, 1.82) is 0 Å². The van der Waals surface area contributed by atoms with Crippen LogP contribution < -0.4 is 20.7 Å². The average Bonchev–Trinajstić information content (AvgIpc) is 3.26. The molecule has 1 aromatic carbocycles. The number of anilines is 1. The number of nitrogens with zero attached hydrogens (tertiary/aromatic N) is 5. The molecule has 0 bridgehead atoms. The summed E-state index contributed by atoms with van der Waals surface area (Å²) in [5, 5.41) is 11.9. The Morgan fingerprint density at radius 2 is 2.00 bits per heavy atom. The summed E-state index contributed by atoms with van der Waals surface area (Å²) >= 11 is 0. The van der Waals surface area contributed by atoms with Gasteiger partial charge in [-0.3, -0.25) is 14.4 Å². The van der Waals surface area contributed by atoms with Crippen LogP contribution in [0.5, 0.6) is 5.75 Å².